The highest BCUT2D eigenvalue weighted by molar-refractivity contribution is 7.91. The Hall–Kier alpha value is -1.06. The summed E-state index contributed by atoms with van der Waals surface area (Å²) in [6, 6.07) is 11.7. The van der Waals surface area contributed by atoms with E-state index in [-0.39, 0.29) is 17.0 Å². The van der Waals surface area contributed by atoms with E-state index in [0.29, 0.717) is 5.56 Å². The minimum Gasteiger partial charge on any atom is -0.778 e. The maximum atomic E-state index is 11.8. The van der Waals surface area contributed by atoms with Crippen LogP contribution in [0.15, 0.2) is 52.1 Å². The molecule has 0 saturated carbocycles. The van der Waals surface area contributed by atoms with Crippen LogP contribution in [0.4, 0.5) is 0 Å². The highest BCUT2D eigenvalue weighted by Crippen LogP contribution is 2.37. The molecule has 5 N–H and O–H groups in total. The number of nitrogens with one attached hydrogen (secondary N) is 1. The quantitative estimate of drug-likeness (QED) is 0.726. The van der Waals surface area contributed by atoms with Gasteiger partial charge in [-0.3, -0.25) is 0 Å². The van der Waals surface area contributed by atoms with Gasteiger partial charge in [0.1, 0.15) is 11.8 Å². The molecule has 0 aliphatic heterocycles. The Morgan fingerprint density at radius 1 is 1.18 bits per heavy atom. The average molecular weight is 364 g/mol. The van der Waals surface area contributed by atoms with E-state index < -0.39 is 23.9 Å². The summed E-state index contributed by atoms with van der Waals surface area (Å²) in [5.74, 6) is 0. The van der Waals surface area contributed by atoms with E-state index in [2.05, 4.69) is 0 Å². The Balaban J connectivity index is 0.00000242. The topological polar surface area (TPSA) is 132 Å². The van der Waals surface area contributed by atoms with Crippen LogP contribution in [0.3, 0.4) is 0 Å². The predicted octanol–water partition coefficient (Wildman–Crippen LogP) is 2.13. The Labute approximate surface area is 133 Å². The van der Waals surface area contributed by atoms with E-state index in [9.17, 15) is 17.9 Å². The van der Waals surface area contributed by atoms with Gasteiger partial charge in [-0.05, 0) is 17.0 Å². The maximum absolute atomic E-state index is 11.8. The van der Waals surface area contributed by atoms with Gasteiger partial charge in [0.25, 0.3) is 10.0 Å². The van der Waals surface area contributed by atoms with Crippen LogP contribution in [0.2, 0.25) is 0 Å². The number of benzene rings is 1. The fourth-order valence-electron chi connectivity index (χ4n) is 1.44. The van der Waals surface area contributed by atoms with Crippen molar-refractivity contribution in [3.63, 3.8) is 0 Å². The molecule has 2 aromatic rings. The molecule has 10 heteroatoms. The van der Waals surface area contributed by atoms with Gasteiger partial charge in [0.15, 0.2) is 0 Å². The summed E-state index contributed by atoms with van der Waals surface area (Å²) in [7, 11) is -8.11. The molecular weight excluding hydrogens is 347 g/mol. The number of hydrogen-bond donors (Lipinski definition) is 2. The molecule has 1 aromatic heterocycles. The zero-order valence-electron chi connectivity index (χ0n) is 11.8. The van der Waals surface area contributed by atoms with E-state index in [0.717, 1.165) is 11.3 Å². The minimum absolute atomic E-state index is 0. The summed E-state index contributed by atoms with van der Waals surface area (Å²) >= 11 is 1.01. The second kappa shape index (κ2) is 7.98. The molecule has 1 heterocycles. The van der Waals surface area contributed by atoms with E-state index in [1.807, 2.05) is 4.72 Å². The van der Waals surface area contributed by atoms with E-state index in [1.165, 1.54) is 6.07 Å². The van der Waals surface area contributed by atoms with Crippen molar-refractivity contribution in [3.05, 3.63) is 53.4 Å². The Morgan fingerprint density at radius 3 is 2.45 bits per heavy atom. The lowest BCUT2D eigenvalue weighted by molar-refractivity contribution is -0.199. The lowest BCUT2D eigenvalue weighted by Crippen LogP contribution is -2.27. The van der Waals surface area contributed by atoms with Crippen LogP contribution in [-0.4, -0.2) is 14.7 Å². The molecule has 0 aliphatic rings. The lowest BCUT2D eigenvalue weighted by Gasteiger charge is -2.23. The Morgan fingerprint density at radius 2 is 1.86 bits per heavy atom. The molecule has 0 amide bonds. The summed E-state index contributed by atoms with van der Waals surface area (Å²) in [6.07, 6.45) is -0.778. The van der Waals surface area contributed by atoms with Gasteiger partial charge >= 0.3 is 0 Å². The fourth-order valence-corrected chi connectivity index (χ4v) is 4.89. The highest BCUT2D eigenvalue weighted by Gasteiger charge is 2.18. The summed E-state index contributed by atoms with van der Waals surface area (Å²) < 4.78 is 42.2. The molecule has 0 bridgehead atoms. The minimum atomic E-state index is -4.29. The molecule has 2 rings (SSSR count). The zero-order chi connectivity index (χ0) is 15.3. The van der Waals surface area contributed by atoms with Crippen molar-refractivity contribution in [2.75, 3.05) is 6.29 Å². The molecule has 1 aromatic carbocycles. The number of hydrogen-bond acceptors (Lipinski definition) is 6. The molecule has 1 atom stereocenters. The van der Waals surface area contributed by atoms with Crippen molar-refractivity contribution in [2.24, 2.45) is 0 Å². The molecule has 0 spiro atoms. The van der Waals surface area contributed by atoms with Gasteiger partial charge in [-0.15, -0.1) is 11.3 Å². The van der Waals surface area contributed by atoms with Crippen molar-refractivity contribution < 1.29 is 22.4 Å². The predicted molar refractivity (Wildman–Crippen MR) is 84.3 cm³/mol. The first-order valence-electron chi connectivity index (χ1n) is 5.91. The molecule has 122 valence electrons. The Kier molecular flexibility index (Phi) is 6.89. The first-order valence-corrected chi connectivity index (χ1v) is 10.00. The number of rotatable bonds is 7. The number of quaternary nitrogens is 1. The summed E-state index contributed by atoms with van der Waals surface area (Å²) in [5, 5.41) is 1.59. The highest BCUT2D eigenvalue weighted by atomic mass is 32.2. The third-order valence-corrected chi connectivity index (χ3v) is 6.56. The Bertz CT molecular complexity index is 719. The van der Waals surface area contributed by atoms with Crippen molar-refractivity contribution in [1.29, 1.82) is 0 Å². The van der Waals surface area contributed by atoms with Crippen LogP contribution in [0.25, 0.3) is 0 Å². The van der Waals surface area contributed by atoms with Crippen LogP contribution in [0.5, 0.6) is 0 Å². The summed E-state index contributed by atoms with van der Waals surface area (Å²) in [5.41, 5.74) is 0.690. The third-order valence-electron chi connectivity index (χ3n) is 2.48. The second-order valence-electron chi connectivity index (χ2n) is 4.11. The average Bonchev–Trinajstić information content (AvgIpc) is 3.00. The third kappa shape index (κ3) is 5.62. The van der Waals surface area contributed by atoms with Crippen molar-refractivity contribution >= 4 is 29.0 Å². The fraction of sp³-hybridized carbons (Fsp3) is 0.167. The van der Waals surface area contributed by atoms with Gasteiger partial charge in [-0.1, -0.05) is 36.4 Å². The van der Waals surface area contributed by atoms with Crippen LogP contribution >= 0.6 is 18.9 Å². The second-order valence-corrected chi connectivity index (χ2v) is 8.85. The molecule has 0 saturated heterocycles. The van der Waals surface area contributed by atoms with Crippen LogP contribution in [-0.2, 0) is 25.7 Å². The molecule has 0 aliphatic carbocycles. The van der Waals surface area contributed by atoms with E-state index in [4.69, 9.17) is 4.52 Å². The van der Waals surface area contributed by atoms with Gasteiger partial charge < -0.3 is 20.1 Å². The van der Waals surface area contributed by atoms with Crippen molar-refractivity contribution in [3.8, 4) is 0 Å². The molecule has 0 fully saturated rings. The van der Waals surface area contributed by atoms with Crippen LogP contribution in [0, 0.1) is 0 Å². The van der Waals surface area contributed by atoms with Crippen LogP contribution < -0.4 is 15.8 Å². The van der Waals surface area contributed by atoms with Gasteiger partial charge in [-0.25, -0.2) is 13.1 Å². The number of thiophene rings is 1. The first kappa shape index (κ1) is 19.0. The van der Waals surface area contributed by atoms with Crippen molar-refractivity contribution in [1.82, 2.24) is 10.9 Å². The smallest absolute Gasteiger partial charge is 0.250 e. The van der Waals surface area contributed by atoms with Gasteiger partial charge in [0.05, 0.1) is 12.9 Å². The van der Waals surface area contributed by atoms with E-state index in [1.54, 1.807) is 41.8 Å². The summed E-state index contributed by atoms with van der Waals surface area (Å²) in [4.78, 5) is 11.7. The van der Waals surface area contributed by atoms with Gasteiger partial charge in [0, 0.05) is 0 Å². The van der Waals surface area contributed by atoms with Gasteiger partial charge in [0.2, 0.25) is 0 Å². The molecule has 1 unspecified atom stereocenters. The molecular formula is C12H17N2O5PS2. The standard InChI is InChI=1S/C12H14NO5PS2.H3N/c14-19(15,18-9-11-5-2-1-3-6-11)10-13-21(16,17)12-7-4-8-20-12;/h1-8,13H,9-10H2,(H,14,15);1H3. The first-order chi connectivity index (χ1) is 9.89. The van der Waals surface area contributed by atoms with E-state index >= 15 is 0 Å². The largest absolute Gasteiger partial charge is 0.778 e. The monoisotopic (exact) mass is 364 g/mol. The molecule has 22 heavy (non-hydrogen) atoms. The summed E-state index contributed by atoms with van der Waals surface area (Å²) in [6.45, 7) is -0.123. The van der Waals surface area contributed by atoms with Gasteiger partial charge in [-0.2, -0.15) is 0 Å². The molecule has 0 radical (unpaired) electrons. The molecule has 7 nitrogen and oxygen atoms in total. The maximum Gasteiger partial charge on any atom is 0.250 e. The van der Waals surface area contributed by atoms with Crippen LogP contribution in [0.1, 0.15) is 5.56 Å². The normalized spacial score (nSPS) is 14.0. The number of sulfonamides is 1. The lowest BCUT2D eigenvalue weighted by atomic mass is 10.2. The SMILES string of the molecule is O=P([O-])(CNS(=O)(=O)c1cccs1)OCc1ccccc1.[NH4+]. The van der Waals surface area contributed by atoms with Crippen molar-refractivity contribution in [2.45, 2.75) is 10.8 Å². The zero-order valence-corrected chi connectivity index (χ0v) is 14.4.